The van der Waals surface area contributed by atoms with Gasteiger partial charge >= 0.3 is 12.4 Å². The highest BCUT2D eigenvalue weighted by molar-refractivity contribution is 5.90. The standard InChI is InChI=1S/C16H12F6N2O3/c17-15(18,19)9-27-12-4-2-11(3-5-12)23-13(25)8-24-7-10(16(20,21)22)1-6-14(24)26/h1-7H,8-9H2,(H,23,25). The zero-order valence-corrected chi connectivity index (χ0v) is 13.4. The summed E-state index contributed by atoms with van der Waals surface area (Å²) >= 11 is 0. The number of amides is 1. The van der Waals surface area contributed by atoms with E-state index in [1.165, 1.54) is 24.3 Å². The number of anilines is 1. The smallest absolute Gasteiger partial charge is 0.422 e. The van der Waals surface area contributed by atoms with Gasteiger partial charge in [0.1, 0.15) is 12.3 Å². The van der Waals surface area contributed by atoms with Gasteiger partial charge in [0.25, 0.3) is 5.56 Å². The number of rotatable bonds is 5. The lowest BCUT2D eigenvalue weighted by Crippen LogP contribution is -2.28. The molecular formula is C16H12F6N2O3. The number of hydrogen-bond acceptors (Lipinski definition) is 3. The summed E-state index contributed by atoms with van der Waals surface area (Å²) < 4.78 is 79.2. The quantitative estimate of drug-likeness (QED) is 0.791. The van der Waals surface area contributed by atoms with Crippen molar-refractivity contribution in [3.05, 3.63) is 58.5 Å². The Labute approximate surface area is 148 Å². The van der Waals surface area contributed by atoms with Crippen LogP contribution in [0.3, 0.4) is 0 Å². The molecule has 1 amide bonds. The molecule has 0 aliphatic carbocycles. The van der Waals surface area contributed by atoms with Gasteiger partial charge in [0.05, 0.1) is 5.56 Å². The highest BCUT2D eigenvalue weighted by Gasteiger charge is 2.31. The van der Waals surface area contributed by atoms with Gasteiger partial charge in [-0.05, 0) is 30.3 Å². The molecule has 0 saturated carbocycles. The Morgan fingerprint density at radius 3 is 2.19 bits per heavy atom. The van der Waals surface area contributed by atoms with Gasteiger partial charge in [-0.3, -0.25) is 9.59 Å². The average Bonchev–Trinajstić information content (AvgIpc) is 2.54. The zero-order chi connectivity index (χ0) is 20.2. The number of nitrogens with one attached hydrogen (secondary N) is 1. The topological polar surface area (TPSA) is 60.3 Å². The van der Waals surface area contributed by atoms with Crippen molar-refractivity contribution < 1.29 is 35.9 Å². The van der Waals surface area contributed by atoms with E-state index >= 15 is 0 Å². The third-order valence-electron chi connectivity index (χ3n) is 3.17. The fourth-order valence-corrected chi connectivity index (χ4v) is 1.98. The highest BCUT2D eigenvalue weighted by Crippen LogP contribution is 2.28. The molecule has 1 N–H and O–H groups in total. The molecule has 5 nitrogen and oxygen atoms in total. The lowest BCUT2D eigenvalue weighted by Gasteiger charge is -2.12. The fraction of sp³-hybridized carbons (Fsp3) is 0.250. The summed E-state index contributed by atoms with van der Waals surface area (Å²) in [5.41, 5.74) is -1.71. The van der Waals surface area contributed by atoms with Gasteiger partial charge in [0.2, 0.25) is 5.91 Å². The van der Waals surface area contributed by atoms with Gasteiger partial charge in [-0.25, -0.2) is 0 Å². The van der Waals surface area contributed by atoms with Crippen LogP contribution in [0.1, 0.15) is 5.56 Å². The van der Waals surface area contributed by atoms with Crippen LogP contribution in [0.25, 0.3) is 0 Å². The fourth-order valence-electron chi connectivity index (χ4n) is 1.98. The van der Waals surface area contributed by atoms with E-state index in [9.17, 15) is 35.9 Å². The summed E-state index contributed by atoms with van der Waals surface area (Å²) in [6.07, 6.45) is -8.64. The maximum absolute atomic E-state index is 12.7. The minimum atomic E-state index is -4.67. The van der Waals surface area contributed by atoms with Gasteiger partial charge < -0.3 is 14.6 Å². The molecule has 2 rings (SSSR count). The molecule has 1 aromatic heterocycles. The molecule has 27 heavy (non-hydrogen) atoms. The van der Waals surface area contributed by atoms with E-state index in [0.717, 1.165) is 0 Å². The molecule has 0 fully saturated rings. The number of ether oxygens (including phenoxy) is 1. The second-order valence-corrected chi connectivity index (χ2v) is 5.36. The second-order valence-electron chi connectivity index (χ2n) is 5.36. The summed E-state index contributed by atoms with van der Waals surface area (Å²) in [4.78, 5) is 23.5. The maximum Gasteiger partial charge on any atom is 0.422 e. The van der Waals surface area contributed by atoms with Crippen LogP contribution in [0.5, 0.6) is 5.75 Å². The lowest BCUT2D eigenvalue weighted by molar-refractivity contribution is -0.153. The minimum Gasteiger partial charge on any atom is -0.484 e. The van der Waals surface area contributed by atoms with Crippen molar-refractivity contribution in [2.75, 3.05) is 11.9 Å². The number of halogens is 6. The molecule has 0 aliphatic rings. The van der Waals surface area contributed by atoms with Gasteiger partial charge in [-0.1, -0.05) is 0 Å². The Morgan fingerprint density at radius 2 is 1.63 bits per heavy atom. The summed E-state index contributed by atoms with van der Waals surface area (Å²) in [6, 6.07) is 6.16. The Balaban J connectivity index is 2.01. The predicted octanol–water partition coefficient (Wildman–Crippen LogP) is 3.45. The molecule has 146 valence electrons. The first-order chi connectivity index (χ1) is 12.4. The predicted molar refractivity (Wildman–Crippen MR) is 82.3 cm³/mol. The van der Waals surface area contributed by atoms with Crippen molar-refractivity contribution in [2.45, 2.75) is 18.9 Å². The zero-order valence-electron chi connectivity index (χ0n) is 13.4. The van der Waals surface area contributed by atoms with Crippen LogP contribution in [0, 0.1) is 0 Å². The van der Waals surface area contributed by atoms with E-state index in [2.05, 4.69) is 10.1 Å². The van der Waals surface area contributed by atoms with E-state index in [1.807, 2.05) is 0 Å². The largest absolute Gasteiger partial charge is 0.484 e. The normalized spacial score (nSPS) is 11.9. The van der Waals surface area contributed by atoms with Crippen molar-refractivity contribution in [2.24, 2.45) is 0 Å². The molecule has 1 heterocycles. The lowest BCUT2D eigenvalue weighted by atomic mass is 10.2. The third kappa shape index (κ3) is 6.35. The molecule has 0 unspecified atom stereocenters. The molecule has 2 aromatic rings. The molecule has 0 radical (unpaired) electrons. The van der Waals surface area contributed by atoms with Crippen molar-refractivity contribution >= 4 is 11.6 Å². The summed E-state index contributed by atoms with van der Waals surface area (Å²) in [7, 11) is 0. The number of nitrogens with zero attached hydrogens (tertiary/aromatic N) is 1. The highest BCUT2D eigenvalue weighted by atomic mass is 19.4. The Bertz CT molecular complexity index is 856. The first-order valence-corrected chi connectivity index (χ1v) is 7.31. The number of carbonyl (C=O) groups excluding carboxylic acids is 1. The van der Waals surface area contributed by atoms with Crippen LogP contribution in [0.2, 0.25) is 0 Å². The Kier molecular flexibility index (Phi) is 5.82. The molecule has 0 atom stereocenters. The van der Waals surface area contributed by atoms with Crippen molar-refractivity contribution in [3.8, 4) is 5.75 Å². The number of hydrogen-bond donors (Lipinski definition) is 1. The molecule has 11 heteroatoms. The van der Waals surface area contributed by atoms with E-state index in [-0.39, 0.29) is 11.4 Å². The van der Waals surface area contributed by atoms with Gasteiger partial charge in [0, 0.05) is 18.0 Å². The van der Waals surface area contributed by atoms with Gasteiger partial charge in [-0.15, -0.1) is 0 Å². The molecular weight excluding hydrogens is 382 g/mol. The van der Waals surface area contributed by atoms with Crippen LogP contribution in [-0.2, 0) is 17.5 Å². The van der Waals surface area contributed by atoms with Crippen LogP contribution in [0.4, 0.5) is 32.0 Å². The minimum absolute atomic E-state index is 0.0839. The second kappa shape index (κ2) is 7.72. The van der Waals surface area contributed by atoms with E-state index in [4.69, 9.17) is 0 Å². The monoisotopic (exact) mass is 394 g/mol. The van der Waals surface area contributed by atoms with Crippen molar-refractivity contribution in [1.29, 1.82) is 0 Å². The average molecular weight is 394 g/mol. The number of benzene rings is 1. The van der Waals surface area contributed by atoms with Crippen LogP contribution in [0.15, 0.2) is 47.4 Å². The van der Waals surface area contributed by atoms with E-state index in [0.29, 0.717) is 22.9 Å². The first kappa shape index (κ1) is 20.3. The number of alkyl halides is 6. The summed E-state index contributed by atoms with van der Waals surface area (Å²) in [5, 5.41) is 2.32. The van der Waals surface area contributed by atoms with Crippen LogP contribution in [-0.4, -0.2) is 23.3 Å². The molecule has 0 spiro atoms. The number of pyridine rings is 1. The molecule has 0 saturated heterocycles. The molecule has 0 bridgehead atoms. The number of aromatic nitrogens is 1. The maximum atomic E-state index is 12.7. The summed E-state index contributed by atoms with van der Waals surface area (Å²) in [6.45, 7) is -2.15. The van der Waals surface area contributed by atoms with Crippen LogP contribution < -0.4 is 15.6 Å². The van der Waals surface area contributed by atoms with Crippen LogP contribution >= 0.6 is 0 Å². The first-order valence-electron chi connectivity index (χ1n) is 7.31. The van der Waals surface area contributed by atoms with E-state index in [1.54, 1.807) is 0 Å². The Morgan fingerprint density at radius 1 is 1.00 bits per heavy atom. The third-order valence-corrected chi connectivity index (χ3v) is 3.17. The van der Waals surface area contributed by atoms with Gasteiger partial charge in [0.15, 0.2) is 6.61 Å². The van der Waals surface area contributed by atoms with Crippen molar-refractivity contribution in [1.82, 2.24) is 4.57 Å². The number of carbonyl (C=O) groups is 1. The van der Waals surface area contributed by atoms with E-state index < -0.39 is 42.5 Å². The molecule has 0 aliphatic heterocycles. The van der Waals surface area contributed by atoms with Crippen molar-refractivity contribution in [3.63, 3.8) is 0 Å². The Hall–Kier alpha value is -2.98. The van der Waals surface area contributed by atoms with Gasteiger partial charge in [-0.2, -0.15) is 26.3 Å². The SMILES string of the molecule is O=C(Cn1cc(C(F)(F)F)ccc1=O)Nc1ccc(OCC(F)(F)F)cc1. The molecule has 1 aromatic carbocycles. The summed E-state index contributed by atoms with van der Waals surface area (Å²) in [5.74, 6) is -0.875.